The molecule has 0 saturated heterocycles. The Morgan fingerprint density at radius 1 is 1.21 bits per heavy atom. The monoisotopic (exact) mass is 223 g/mol. The molecule has 0 aliphatic heterocycles. The van der Waals surface area contributed by atoms with Gasteiger partial charge in [-0.05, 0) is 19.3 Å². The zero-order chi connectivity index (χ0) is 11.0. The molecule has 0 amide bonds. The summed E-state index contributed by atoms with van der Waals surface area (Å²) in [5, 5.41) is 0. The van der Waals surface area contributed by atoms with E-state index in [0.717, 1.165) is 19.3 Å². The first-order valence-corrected chi connectivity index (χ1v) is 6.80. The van der Waals surface area contributed by atoms with Crippen LogP contribution in [-0.4, -0.2) is 20.2 Å². The van der Waals surface area contributed by atoms with Crippen LogP contribution >= 0.6 is 0 Å². The summed E-state index contributed by atoms with van der Waals surface area (Å²) >= 11 is 0. The highest BCUT2D eigenvalue weighted by Crippen LogP contribution is 2.02. The quantitative estimate of drug-likeness (QED) is 0.638. The molecule has 0 bridgehead atoms. The topological polar surface area (TPSA) is 55.4 Å². The maximum atomic E-state index is 11.2. The van der Waals surface area contributed by atoms with Crippen LogP contribution in [0.1, 0.15) is 46.5 Å². The summed E-state index contributed by atoms with van der Waals surface area (Å²) in [7, 11) is -3.37. The molecule has 0 saturated carbocycles. The van der Waals surface area contributed by atoms with E-state index in [9.17, 15) is 8.42 Å². The minimum Gasteiger partial charge on any atom is -0.198 e. The summed E-state index contributed by atoms with van der Waals surface area (Å²) in [5.74, 6) is 0.0720. The molecule has 14 heavy (non-hydrogen) atoms. The van der Waals surface area contributed by atoms with Crippen molar-refractivity contribution in [2.24, 2.45) is 0 Å². The standard InChI is InChI=1S/C9H21NO3S/c1-4-7-9(6-3)10-13-14(11,12)8-5-2/h9-10H,4-8H2,1-3H3. The Kier molecular flexibility index (Phi) is 7.13. The maximum Gasteiger partial charge on any atom is 0.283 e. The molecule has 86 valence electrons. The van der Waals surface area contributed by atoms with Crippen molar-refractivity contribution in [1.29, 1.82) is 0 Å². The third-order valence-electron chi connectivity index (χ3n) is 1.93. The van der Waals surface area contributed by atoms with E-state index in [0.29, 0.717) is 6.42 Å². The molecule has 0 aromatic carbocycles. The molecule has 0 aliphatic carbocycles. The summed E-state index contributed by atoms with van der Waals surface area (Å²) in [5.41, 5.74) is 2.61. The average molecular weight is 223 g/mol. The van der Waals surface area contributed by atoms with E-state index in [1.165, 1.54) is 0 Å². The Morgan fingerprint density at radius 2 is 1.86 bits per heavy atom. The van der Waals surface area contributed by atoms with E-state index < -0.39 is 10.1 Å². The molecule has 0 heterocycles. The molecule has 0 fully saturated rings. The number of nitrogens with one attached hydrogen (secondary N) is 1. The molecular weight excluding hydrogens is 202 g/mol. The minimum atomic E-state index is -3.37. The molecule has 5 heteroatoms. The fourth-order valence-electron chi connectivity index (χ4n) is 1.13. The summed E-state index contributed by atoms with van der Waals surface area (Å²) in [6.45, 7) is 5.87. The van der Waals surface area contributed by atoms with Crippen molar-refractivity contribution in [2.75, 3.05) is 5.75 Å². The van der Waals surface area contributed by atoms with Crippen LogP contribution < -0.4 is 5.48 Å². The van der Waals surface area contributed by atoms with Crippen molar-refractivity contribution in [1.82, 2.24) is 5.48 Å². The van der Waals surface area contributed by atoms with Gasteiger partial charge in [-0.2, -0.15) is 18.2 Å². The van der Waals surface area contributed by atoms with E-state index in [1.807, 2.05) is 13.8 Å². The largest absolute Gasteiger partial charge is 0.283 e. The second-order valence-corrected chi connectivity index (χ2v) is 5.05. The van der Waals surface area contributed by atoms with E-state index in [4.69, 9.17) is 4.28 Å². The van der Waals surface area contributed by atoms with Crippen LogP contribution in [0.3, 0.4) is 0 Å². The lowest BCUT2D eigenvalue weighted by molar-refractivity contribution is 0.154. The highest BCUT2D eigenvalue weighted by Gasteiger charge is 2.12. The predicted octanol–water partition coefficient (Wildman–Crippen LogP) is 1.83. The Balaban J connectivity index is 3.89. The number of hydrogen-bond donors (Lipinski definition) is 1. The van der Waals surface area contributed by atoms with Gasteiger partial charge in [-0.1, -0.05) is 27.2 Å². The van der Waals surface area contributed by atoms with Crippen LogP contribution in [-0.2, 0) is 14.4 Å². The zero-order valence-electron chi connectivity index (χ0n) is 9.25. The van der Waals surface area contributed by atoms with Crippen molar-refractivity contribution in [3.8, 4) is 0 Å². The number of rotatable bonds is 8. The lowest BCUT2D eigenvalue weighted by Gasteiger charge is -2.14. The van der Waals surface area contributed by atoms with Gasteiger partial charge in [-0.15, -0.1) is 0 Å². The van der Waals surface area contributed by atoms with Gasteiger partial charge in [0.25, 0.3) is 10.1 Å². The highest BCUT2D eigenvalue weighted by molar-refractivity contribution is 7.86. The minimum absolute atomic E-state index is 0.0720. The van der Waals surface area contributed by atoms with E-state index in [2.05, 4.69) is 12.4 Å². The smallest absolute Gasteiger partial charge is 0.198 e. The molecule has 0 radical (unpaired) electrons. The third-order valence-corrected chi connectivity index (χ3v) is 3.18. The molecular formula is C9H21NO3S. The van der Waals surface area contributed by atoms with Gasteiger partial charge >= 0.3 is 0 Å². The van der Waals surface area contributed by atoms with E-state index in [-0.39, 0.29) is 11.8 Å². The molecule has 0 aliphatic rings. The van der Waals surface area contributed by atoms with Crippen molar-refractivity contribution < 1.29 is 12.7 Å². The molecule has 4 nitrogen and oxygen atoms in total. The average Bonchev–Trinajstić information content (AvgIpc) is 2.12. The fraction of sp³-hybridized carbons (Fsp3) is 1.00. The molecule has 1 N–H and O–H groups in total. The summed E-state index contributed by atoms with van der Waals surface area (Å²) in [4.78, 5) is 0. The van der Waals surface area contributed by atoms with Gasteiger partial charge in [-0.3, -0.25) is 0 Å². The van der Waals surface area contributed by atoms with Gasteiger partial charge in [0.2, 0.25) is 0 Å². The van der Waals surface area contributed by atoms with Gasteiger partial charge in [0, 0.05) is 6.04 Å². The first kappa shape index (κ1) is 13.9. The Morgan fingerprint density at radius 3 is 2.29 bits per heavy atom. The van der Waals surface area contributed by atoms with E-state index >= 15 is 0 Å². The molecule has 1 unspecified atom stereocenters. The predicted molar refractivity (Wildman–Crippen MR) is 57.3 cm³/mol. The van der Waals surface area contributed by atoms with E-state index in [1.54, 1.807) is 0 Å². The number of hydrogen-bond acceptors (Lipinski definition) is 4. The molecule has 1 atom stereocenters. The first-order valence-electron chi connectivity index (χ1n) is 5.22. The summed E-state index contributed by atoms with van der Waals surface area (Å²) in [6, 6.07) is 0.131. The SMILES string of the molecule is CCCC(CC)NOS(=O)(=O)CCC. The van der Waals surface area contributed by atoms with Crippen LogP contribution in [0.5, 0.6) is 0 Å². The van der Waals surface area contributed by atoms with Crippen molar-refractivity contribution in [2.45, 2.75) is 52.5 Å². The molecule has 0 aromatic rings. The first-order chi connectivity index (χ1) is 6.55. The third kappa shape index (κ3) is 6.34. The van der Waals surface area contributed by atoms with Crippen LogP contribution in [0.4, 0.5) is 0 Å². The lowest BCUT2D eigenvalue weighted by Crippen LogP contribution is -2.31. The molecule has 0 aromatic heterocycles. The summed E-state index contributed by atoms with van der Waals surface area (Å²) in [6.07, 6.45) is 3.39. The van der Waals surface area contributed by atoms with Gasteiger partial charge in [0.15, 0.2) is 0 Å². The molecule has 0 rings (SSSR count). The zero-order valence-corrected chi connectivity index (χ0v) is 10.1. The second-order valence-electron chi connectivity index (χ2n) is 3.36. The van der Waals surface area contributed by atoms with Crippen LogP contribution in [0.15, 0.2) is 0 Å². The Hall–Kier alpha value is -0.130. The van der Waals surface area contributed by atoms with Crippen LogP contribution in [0.25, 0.3) is 0 Å². The Bertz CT molecular complexity index is 226. The van der Waals surface area contributed by atoms with Crippen molar-refractivity contribution in [3.05, 3.63) is 0 Å². The van der Waals surface area contributed by atoms with Gasteiger partial charge in [-0.25, -0.2) is 0 Å². The van der Waals surface area contributed by atoms with Gasteiger partial charge < -0.3 is 0 Å². The van der Waals surface area contributed by atoms with Gasteiger partial charge in [0.1, 0.15) is 0 Å². The fourth-order valence-corrected chi connectivity index (χ4v) is 1.99. The highest BCUT2D eigenvalue weighted by atomic mass is 32.2. The van der Waals surface area contributed by atoms with Crippen molar-refractivity contribution in [3.63, 3.8) is 0 Å². The second kappa shape index (κ2) is 7.20. The Labute approximate surface area is 87.1 Å². The number of hydroxylamine groups is 1. The normalized spacial score (nSPS) is 14.2. The van der Waals surface area contributed by atoms with Crippen molar-refractivity contribution >= 4 is 10.1 Å². The van der Waals surface area contributed by atoms with Gasteiger partial charge in [0.05, 0.1) is 5.75 Å². The summed E-state index contributed by atoms with van der Waals surface area (Å²) < 4.78 is 27.0. The van der Waals surface area contributed by atoms with Crippen LogP contribution in [0, 0.1) is 0 Å². The maximum absolute atomic E-state index is 11.2. The van der Waals surface area contributed by atoms with Crippen LogP contribution in [0.2, 0.25) is 0 Å². The molecule has 0 spiro atoms. The lowest BCUT2D eigenvalue weighted by atomic mass is 10.1.